The number of hydrogen-bond acceptors (Lipinski definition) is 2. The van der Waals surface area contributed by atoms with Gasteiger partial charge in [-0.3, -0.25) is 0 Å². The molecule has 88 heavy (non-hydrogen) atoms. The maximum absolute atomic E-state index is 2.54. The number of rotatable bonds is 13. The summed E-state index contributed by atoms with van der Waals surface area (Å²) in [6.07, 6.45) is 0. The number of anilines is 6. The normalized spacial score (nSPS) is 15.1. The van der Waals surface area contributed by atoms with Gasteiger partial charge in [-0.2, -0.15) is 0 Å². The molecule has 14 aromatic carbocycles. The van der Waals surface area contributed by atoms with Crippen LogP contribution in [0.3, 0.4) is 0 Å². The molecule has 0 saturated heterocycles. The molecule has 0 radical (unpaired) electrons. The Morgan fingerprint density at radius 1 is 0.159 bits per heavy atom. The van der Waals surface area contributed by atoms with Crippen molar-refractivity contribution in [3.63, 3.8) is 0 Å². The van der Waals surface area contributed by atoms with Crippen LogP contribution in [0, 0.1) is 0 Å². The van der Waals surface area contributed by atoms with Crippen molar-refractivity contribution in [2.75, 3.05) is 9.80 Å². The monoisotopic (exact) mass is 1120 g/mol. The number of nitrogens with zero attached hydrogens (tertiary/aromatic N) is 2. The van der Waals surface area contributed by atoms with Crippen LogP contribution < -0.4 is 9.80 Å². The van der Waals surface area contributed by atoms with Gasteiger partial charge >= 0.3 is 0 Å². The van der Waals surface area contributed by atoms with Gasteiger partial charge in [0.25, 0.3) is 0 Å². The first-order valence-corrected chi connectivity index (χ1v) is 30.5. The van der Waals surface area contributed by atoms with Crippen molar-refractivity contribution in [3.8, 4) is 66.8 Å². The molecule has 2 heteroatoms. The minimum absolute atomic E-state index is 0.864. The molecular weight excluding hydrogens is 1060 g/mol. The van der Waals surface area contributed by atoms with E-state index in [1.165, 1.54) is 100 Å². The van der Waals surface area contributed by atoms with E-state index in [0.717, 1.165) is 34.1 Å². The Bertz CT molecular complexity index is 4310. The van der Waals surface area contributed by atoms with E-state index in [0.29, 0.717) is 0 Å². The van der Waals surface area contributed by atoms with E-state index >= 15 is 0 Å². The first kappa shape index (κ1) is 52.3. The van der Waals surface area contributed by atoms with E-state index in [-0.39, 0.29) is 0 Å². The molecule has 0 aliphatic heterocycles. The van der Waals surface area contributed by atoms with Crippen molar-refractivity contribution in [1.29, 1.82) is 0 Å². The molecule has 0 N–H and O–H groups in total. The SMILES string of the molecule is c1ccc(-c2ccc(N(c3ccc(-c4ccccc4)cc3)c3ccc4c(c3)C(c3ccccc3)(C3(c5ccccc5)c5ccccc5-c5ccc(N(c6ccc(-c7ccccc7)cc6)c6ccc(-c7ccccc7)cc6)cc53)c3ccccc3-4)cc2)cc1. The Hall–Kier alpha value is -11.3. The first-order valence-electron chi connectivity index (χ1n) is 30.5. The molecule has 0 bridgehead atoms. The largest absolute Gasteiger partial charge is 0.310 e. The highest BCUT2D eigenvalue weighted by Crippen LogP contribution is 2.70. The molecule has 0 heterocycles. The number of hydrogen-bond donors (Lipinski definition) is 0. The Morgan fingerprint density at radius 2 is 0.375 bits per heavy atom. The average molecular weight is 1120 g/mol. The van der Waals surface area contributed by atoms with Crippen LogP contribution >= 0.6 is 0 Å². The van der Waals surface area contributed by atoms with Gasteiger partial charge < -0.3 is 9.80 Å². The summed E-state index contributed by atoms with van der Waals surface area (Å²) < 4.78 is 0. The second kappa shape index (κ2) is 21.9. The van der Waals surface area contributed by atoms with Crippen molar-refractivity contribution in [3.05, 3.63) is 397 Å². The quantitative estimate of drug-likeness (QED) is 0.114. The van der Waals surface area contributed by atoms with Crippen LogP contribution in [0.2, 0.25) is 0 Å². The fourth-order valence-corrected chi connectivity index (χ4v) is 14.7. The van der Waals surface area contributed by atoms with E-state index < -0.39 is 10.8 Å². The van der Waals surface area contributed by atoms with Gasteiger partial charge in [0.1, 0.15) is 0 Å². The summed E-state index contributed by atoms with van der Waals surface area (Å²) in [4.78, 5) is 4.91. The Morgan fingerprint density at radius 3 is 0.659 bits per heavy atom. The fraction of sp³-hybridized carbons (Fsp3) is 0.0233. The molecule has 2 nitrogen and oxygen atoms in total. The summed E-state index contributed by atoms with van der Waals surface area (Å²) in [6.45, 7) is 0. The van der Waals surface area contributed by atoms with Crippen LogP contribution in [0.25, 0.3) is 66.8 Å². The second-order valence-electron chi connectivity index (χ2n) is 23.1. The van der Waals surface area contributed by atoms with Crippen molar-refractivity contribution in [2.24, 2.45) is 0 Å². The van der Waals surface area contributed by atoms with Crippen LogP contribution in [0.1, 0.15) is 33.4 Å². The predicted molar refractivity (Wildman–Crippen MR) is 368 cm³/mol. The molecule has 2 aliphatic rings. The predicted octanol–water partition coefficient (Wildman–Crippen LogP) is 22.6. The highest BCUT2D eigenvalue weighted by atomic mass is 15.1. The van der Waals surface area contributed by atoms with Gasteiger partial charge in [-0.1, -0.05) is 291 Å². The van der Waals surface area contributed by atoms with Crippen LogP contribution in [0.4, 0.5) is 34.1 Å². The zero-order chi connectivity index (χ0) is 58.4. The van der Waals surface area contributed by atoms with Crippen LogP contribution in [0.15, 0.2) is 364 Å². The van der Waals surface area contributed by atoms with Crippen LogP contribution in [0.5, 0.6) is 0 Å². The molecule has 0 amide bonds. The topological polar surface area (TPSA) is 6.48 Å². The van der Waals surface area contributed by atoms with Gasteiger partial charge in [-0.15, -0.1) is 0 Å². The maximum atomic E-state index is 2.54. The zero-order valence-electron chi connectivity index (χ0n) is 48.5. The minimum Gasteiger partial charge on any atom is -0.310 e. The lowest BCUT2D eigenvalue weighted by molar-refractivity contribution is 0.437. The number of benzene rings is 14. The van der Waals surface area contributed by atoms with Gasteiger partial charge in [0, 0.05) is 34.1 Å². The van der Waals surface area contributed by atoms with E-state index in [9.17, 15) is 0 Å². The van der Waals surface area contributed by atoms with E-state index in [4.69, 9.17) is 0 Å². The Kier molecular flexibility index (Phi) is 13.0. The smallest absolute Gasteiger partial charge is 0.0642 e. The molecule has 0 spiro atoms. The molecule has 2 aliphatic carbocycles. The average Bonchev–Trinajstić information content (AvgIpc) is 1.46. The van der Waals surface area contributed by atoms with Gasteiger partial charge in [-0.05, 0) is 173 Å². The van der Waals surface area contributed by atoms with E-state index in [2.05, 4.69) is 374 Å². The second-order valence-corrected chi connectivity index (χ2v) is 23.1. The summed E-state index contributed by atoms with van der Waals surface area (Å²) >= 11 is 0. The molecule has 0 aromatic heterocycles. The summed E-state index contributed by atoms with van der Waals surface area (Å²) in [5.41, 5.74) is 26.5. The van der Waals surface area contributed by atoms with E-state index in [1.807, 2.05) is 0 Å². The summed E-state index contributed by atoms with van der Waals surface area (Å²) in [5.74, 6) is 0. The zero-order valence-corrected chi connectivity index (χ0v) is 48.5. The number of fused-ring (bicyclic) bond motifs is 6. The Labute approximate surface area is 515 Å². The third kappa shape index (κ3) is 8.56. The van der Waals surface area contributed by atoms with Gasteiger partial charge in [-0.25, -0.2) is 0 Å². The molecule has 2 atom stereocenters. The van der Waals surface area contributed by atoms with Crippen LogP contribution in [-0.2, 0) is 10.8 Å². The first-order chi connectivity index (χ1) is 43.6. The van der Waals surface area contributed by atoms with Gasteiger partial charge in [0.05, 0.1) is 10.8 Å². The maximum Gasteiger partial charge on any atom is 0.0642 e. The van der Waals surface area contributed by atoms with Crippen molar-refractivity contribution < 1.29 is 0 Å². The van der Waals surface area contributed by atoms with Crippen molar-refractivity contribution in [2.45, 2.75) is 10.8 Å². The summed E-state index contributed by atoms with van der Waals surface area (Å²) in [7, 11) is 0. The summed E-state index contributed by atoms with van der Waals surface area (Å²) in [6, 6.07) is 135. The van der Waals surface area contributed by atoms with Crippen LogP contribution in [-0.4, -0.2) is 0 Å². The minimum atomic E-state index is -0.864. The molecule has 2 unspecified atom stereocenters. The van der Waals surface area contributed by atoms with Crippen molar-refractivity contribution in [1.82, 2.24) is 0 Å². The highest BCUT2D eigenvalue weighted by Gasteiger charge is 2.64. The molecular formula is C86H60N2. The third-order valence-electron chi connectivity index (χ3n) is 18.5. The van der Waals surface area contributed by atoms with E-state index in [1.54, 1.807) is 0 Å². The lowest BCUT2D eigenvalue weighted by atomic mass is 9.49. The lowest BCUT2D eigenvalue weighted by Gasteiger charge is -2.51. The lowest BCUT2D eigenvalue weighted by Crippen LogP contribution is -2.50. The third-order valence-corrected chi connectivity index (χ3v) is 18.5. The molecule has 0 fully saturated rings. The molecule has 14 aromatic rings. The van der Waals surface area contributed by atoms with Gasteiger partial charge in [0.15, 0.2) is 0 Å². The highest BCUT2D eigenvalue weighted by molar-refractivity contribution is 5.96. The standard InChI is InChI=1S/C86H60N2/c1-7-23-61(24-8-1)65-39-47-71(48-40-65)87(72-49-41-66(42-50-72)62-25-9-2-10-26-62)75-55-57-79-77-35-19-21-37-81(77)85(83(79)59-75,69-31-15-5-16-32-69)86(70-33-17-6-18-34-70)82-38-22-20-36-78(82)80-58-56-76(60-84(80)86)88(73-51-43-67(44-52-73)63-27-11-3-12-28-63)74-53-45-68(46-54-74)64-29-13-4-14-30-64/h1-60H. The molecule has 414 valence electrons. The fourth-order valence-electron chi connectivity index (χ4n) is 14.7. The summed E-state index contributed by atoms with van der Waals surface area (Å²) in [5, 5.41) is 0. The Balaban J connectivity index is 0.963. The van der Waals surface area contributed by atoms with Gasteiger partial charge in [0.2, 0.25) is 0 Å². The van der Waals surface area contributed by atoms with Crippen molar-refractivity contribution >= 4 is 34.1 Å². The molecule has 16 rings (SSSR count). The molecule has 0 saturated carbocycles.